The number of carbonyl (C=O) groups is 1. The van der Waals surface area contributed by atoms with Crippen LogP contribution in [0.2, 0.25) is 10.0 Å². The molecule has 1 aliphatic heterocycles. The van der Waals surface area contributed by atoms with Crippen molar-refractivity contribution in [3.05, 3.63) is 62.8 Å². The molecule has 176 valence electrons. The van der Waals surface area contributed by atoms with Crippen LogP contribution in [0.1, 0.15) is 46.4 Å². The van der Waals surface area contributed by atoms with Crippen LogP contribution in [0, 0.1) is 6.92 Å². The average molecular weight is 499 g/mol. The van der Waals surface area contributed by atoms with Crippen molar-refractivity contribution in [1.29, 1.82) is 0 Å². The van der Waals surface area contributed by atoms with Crippen LogP contribution >= 0.6 is 23.2 Å². The summed E-state index contributed by atoms with van der Waals surface area (Å²) >= 11 is 13.1. The Kier molecular flexibility index (Phi) is 6.56. The van der Waals surface area contributed by atoms with E-state index in [1.54, 1.807) is 30.7 Å². The molecule has 0 bridgehead atoms. The van der Waals surface area contributed by atoms with Gasteiger partial charge in [0.05, 0.1) is 16.1 Å². The number of aromatic nitrogens is 1. The fourth-order valence-corrected chi connectivity index (χ4v) is 4.95. The molecule has 0 N–H and O–H groups in total. The van der Waals surface area contributed by atoms with Crippen LogP contribution in [-0.4, -0.2) is 34.8 Å². The number of hydrogen-bond acceptors (Lipinski definition) is 2. The molecule has 2 heterocycles. The second-order valence-electron chi connectivity index (χ2n) is 8.33. The number of nitrogens with zero attached hydrogens (tertiary/aromatic N) is 2. The number of carbonyl (C=O) groups excluding carboxylic acids is 1. The fraction of sp³-hybridized carbons (Fsp3) is 0.375. The minimum absolute atomic E-state index is 0.112. The van der Waals surface area contributed by atoms with E-state index in [9.17, 15) is 18.0 Å². The van der Waals surface area contributed by atoms with Crippen molar-refractivity contribution in [2.75, 3.05) is 13.1 Å². The van der Waals surface area contributed by atoms with E-state index in [-0.39, 0.29) is 11.7 Å². The van der Waals surface area contributed by atoms with E-state index in [0.717, 1.165) is 30.3 Å². The molecule has 33 heavy (non-hydrogen) atoms. The molecule has 9 heteroatoms. The van der Waals surface area contributed by atoms with Gasteiger partial charge in [0.2, 0.25) is 0 Å². The van der Waals surface area contributed by atoms with Crippen LogP contribution in [0.25, 0.3) is 10.9 Å². The molecule has 2 aromatic carbocycles. The molecule has 1 fully saturated rings. The second-order valence-corrected chi connectivity index (χ2v) is 9.12. The summed E-state index contributed by atoms with van der Waals surface area (Å²) in [5.41, 5.74) is 3.06. The van der Waals surface area contributed by atoms with E-state index in [1.807, 2.05) is 11.0 Å². The topological polar surface area (TPSA) is 34.5 Å². The molecule has 1 saturated heterocycles. The maximum Gasteiger partial charge on any atom is 0.573 e. The predicted molar refractivity (Wildman–Crippen MR) is 123 cm³/mol. The number of piperidine rings is 1. The zero-order valence-corrected chi connectivity index (χ0v) is 19.7. The normalized spacial score (nSPS) is 14.7. The molecular formula is C24H23Cl2F3N2O2. The SMILES string of the molecule is Cc1cc(OC(F)(F)F)cc2c1cc(Cc1c(Cl)ccc(C(=O)N3CCCCC3)c1Cl)n2C. The van der Waals surface area contributed by atoms with Crippen molar-refractivity contribution < 1.29 is 22.7 Å². The quantitative estimate of drug-likeness (QED) is 0.391. The third kappa shape index (κ3) is 4.94. The summed E-state index contributed by atoms with van der Waals surface area (Å²) in [5, 5.41) is 1.54. The van der Waals surface area contributed by atoms with Gasteiger partial charge in [-0.3, -0.25) is 4.79 Å². The van der Waals surface area contributed by atoms with Crippen molar-refractivity contribution in [1.82, 2.24) is 9.47 Å². The van der Waals surface area contributed by atoms with Crippen LogP contribution in [0.5, 0.6) is 5.75 Å². The Morgan fingerprint density at radius 1 is 1.09 bits per heavy atom. The lowest BCUT2D eigenvalue weighted by atomic mass is 10.0. The van der Waals surface area contributed by atoms with E-state index in [0.29, 0.717) is 51.8 Å². The van der Waals surface area contributed by atoms with Gasteiger partial charge in [-0.05, 0) is 61.6 Å². The van der Waals surface area contributed by atoms with Gasteiger partial charge in [-0.2, -0.15) is 0 Å². The van der Waals surface area contributed by atoms with Gasteiger partial charge in [0, 0.05) is 48.7 Å². The molecule has 0 atom stereocenters. The van der Waals surface area contributed by atoms with Crippen LogP contribution < -0.4 is 4.74 Å². The largest absolute Gasteiger partial charge is 0.573 e. The minimum atomic E-state index is -4.77. The maximum absolute atomic E-state index is 13.0. The lowest BCUT2D eigenvalue weighted by Gasteiger charge is -2.27. The summed E-state index contributed by atoms with van der Waals surface area (Å²) in [5.74, 6) is -0.384. The summed E-state index contributed by atoms with van der Waals surface area (Å²) < 4.78 is 44.0. The van der Waals surface area contributed by atoms with Gasteiger partial charge < -0.3 is 14.2 Å². The predicted octanol–water partition coefficient (Wildman–Crippen LogP) is 6.91. The van der Waals surface area contributed by atoms with Gasteiger partial charge in [0.25, 0.3) is 5.91 Å². The fourth-order valence-electron chi connectivity index (χ4n) is 4.37. The first-order valence-corrected chi connectivity index (χ1v) is 11.4. The van der Waals surface area contributed by atoms with Gasteiger partial charge in [-0.25, -0.2) is 0 Å². The number of alkyl halides is 3. The van der Waals surface area contributed by atoms with Crippen molar-refractivity contribution in [2.24, 2.45) is 7.05 Å². The molecule has 0 unspecified atom stereocenters. The summed E-state index contributed by atoms with van der Waals surface area (Å²) in [6, 6.07) is 7.94. The van der Waals surface area contributed by atoms with E-state index in [1.165, 1.54) is 12.1 Å². The number of halogens is 5. The molecule has 1 aliphatic rings. The number of hydrogen-bond donors (Lipinski definition) is 0. The van der Waals surface area contributed by atoms with Gasteiger partial charge in [0.1, 0.15) is 5.75 Å². The molecule has 4 rings (SSSR count). The molecule has 1 amide bonds. The average Bonchev–Trinajstić information content (AvgIpc) is 3.06. The molecule has 0 radical (unpaired) electrons. The van der Waals surface area contributed by atoms with Crippen molar-refractivity contribution in [2.45, 2.75) is 39.0 Å². The highest BCUT2D eigenvalue weighted by Crippen LogP contribution is 2.35. The molecular weight excluding hydrogens is 476 g/mol. The summed E-state index contributed by atoms with van der Waals surface area (Å²) in [4.78, 5) is 14.8. The van der Waals surface area contributed by atoms with Crippen molar-refractivity contribution in [3.63, 3.8) is 0 Å². The zero-order valence-electron chi connectivity index (χ0n) is 18.2. The lowest BCUT2D eigenvalue weighted by molar-refractivity contribution is -0.274. The number of aryl methyl sites for hydroxylation is 2. The highest BCUT2D eigenvalue weighted by molar-refractivity contribution is 6.38. The first-order chi connectivity index (χ1) is 15.5. The highest BCUT2D eigenvalue weighted by atomic mass is 35.5. The van der Waals surface area contributed by atoms with Crippen molar-refractivity contribution >= 4 is 40.0 Å². The first kappa shape index (κ1) is 23.8. The monoisotopic (exact) mass is 498 g/mol. The van der Waals surface area contributed by atoms with Gasteiger partial charge in [-0.1, -0.05) is 23.2 Å². The van der Waals surface area contributed by atoms with E-state index < -0.39 is 6.36 Å². The maximum atomic E-state index is 13.0. The van der Waals surface area contributed by atoms with Crippen LogP contribution in [0.15, 0.2) is 30.3 Å². The standard InChI is InChI=1S/C24H23Cl2F3N2O2/c1-14-10-16(33-24(27,28)29)13-21-18(14)11-15(30(21)2)12-19-20(25)7-6-17(22(19)26)23(32)31-8-4-3-5-9-31/h6-7,10-11,13H,3-5,8-9,12H2,1-2H3. The summed E-state index contributed by atoms with van der Waals surface area (Å²) in [7, 11) is 1.76. The Morgan fingerprint density at radius 3 is 2.45 bits per heavy atom. The smallest absolute Gasteiger partial charge is 0.406 e. The zero-order chi connectivity index (χ0) is 23.9. The number of rotatable bonds is 4. The van der Waals surface area contributed by atoms with Gasteiger partial charge in [-0.15, -0.1) is 13.2 Å². The van der Waals surface area contributed by atoms with Crippen LogP contribution in [-0.2, 0) is 13.5 Å². The number of ether oxygens (including phenoxy) is 1. The molecule has 1 aromatic heterocycles. The van der Waals surface area contributed by atoms with Crippen molar-refractivity contribution in [3.8, 4) is 5.75 Å². The molecule has 4 nitrogen and oxygen atoms in total. The lowest BCUT2D eigenvalue weighted by Crippen LogP contribution is -2.35. The van der Waals surface area contributed by atoms with Crippen LogP contribution in [0.4, 0.5) is 13.2 Å². The number of fused-ring (bicyclic) bond motifs is 1. The Bertz CT molecular complexity index is 1210. The Balaban J connectivity index is 1.70. The second kappa shape index (κ2) is 9.11. The molecule has 0 aliphatic carbocycles. The molecule has 3 aromatic rings. The van der Waals surface area contributed by atoms with Gasteiger partial charge in [0.15, 0.2) is 0 Å². The summed E-state index contributed by atoms with van der Waals surface area (Å²) in [6.45, 7) is 3.14. The first-order valence-electron chi connectivity index (χ1n) is 10.7. The van der Waals surface area contributed by atoms with E-state index in [4.69, 9.17) is 23.2 Å². The third-order valence-corrected chi connectivity index (χ3v) is 6.88. The number of amides is 1. The van der Waals surface area contributed by atoms with E-state index >= 15 is 0 Å². The number of benzene rings is 2. The molecule has 0 saturated carbocycles. The summed E-state index contributed by atoms with van der Waals surface area (Å²) in [6.07, 6.45) is -1.40. The molecule has 0 spiro atoms. The third-order valence-electron chi connectivity index (χ3n) is 6.09. The Morgan fingerprint density at radius 2 is 1.79 bits per heavy atom. The van der Waals surface area contributed by atoms with Crippen LogP contribution in [0.3, 0.4) is 0 Å². The van der Waals surface area contributed by atoms with E-state index in [2.05, 4.69) is 4.74 Å². The minimum Gasteiger partial charge on any atom is -0.406 e. The van der Waals surface area contributed by atoms with Gasteiger partial charge >= 0.3 is 6.36 Å². The number of likely N-dealkylation sites (tertiary alicyclic amines) is 1. The Hall–Kier alpha value is -2.38. The highest BCUT2D eigenvalue weighted by Gasteiger charge is 2.31. The Labute approximate surface area is 199 Å².